The van der Waals surface area contributed by atoms with E-state index >= 15 is 0 Å². The average Bonchev–Trinajstić information content (AvgIpc) is 3.03. The van der Waals surface area contributed by atoms with Gasteiger partial charge in [-0.2, -0.15) is 10.2 Å². The lowest BCUT2D eigenvalue weighted by Gasteiger charge is -2.15. The number of amides is 1. The Balaban J connectivity index is 2.20. The zero-order chi connectivity index (χ0) is 18.0. The number of nitrogens with one attached hydrogen (secondary N) is 2. The maximum atomic E-state index is 12.3. The zero-order valence-corrected chi connectivity index (χ0v) is 14.5. The van der Waals surface area contributed by atoms with Crippen LogP contribution in [0.1, 0.15) is 42.1 Å². The Bertz CT molecular complexity index is 760. The first-order valence-corrected chi connectivity index (χ1v) is 7.80. The number of carbonyl (C=O) groups excluding carboxylic acids is 1. The molecule has 0 aliphatic heterocycles. The van der Waals surface area contributed by atoms with E-state index in [0.717, 1.165) is 17.0 Å². The van der Waals surface area contributed by atoms with Crippen LogP contribution in [0.2, 0.25) is 0 Å². The van der Waals surface area contributed by atoms with Crippen molar-refractivity contribution in [2.45, 2.75) is 40.2 Å². The van der Waals surface area contributed by atoms with Crippen LogP contribution >= 0.6 is 0 Å². The number of H-pyrrole nitrogens is 1. The van der Waals surface area contributed by atoms with Gasteiger partial charge in [-0.1, -0.05) is 13.8 Å². The molecule has 130 valence electrons. The molecule has 0 radical (unpaired) electrons. The zero-order valence-electron chi connectivity index (χ0n) is 14.5. The molecule has 2 aromatic heterocycles. The van der Waals surface area contributed by atoms with Crippen LogP contribution in [0.4, 0.5) is 0 Å². The van der Waals surface area contributed by atoms with Gasteiger partial charge in [0.15, 0.2) is 0 Å². The molecular formula is C16H23N5O3. The van der Waals surface area contributed by atoms with Gasteiger partial charge in [-0.25, -0.2) is 4.79 Å². The molecule has 0 aliphatic carbocycles. The Morgan fingerprint density at radius 1 is 1.38 bits per heavy atom. The van der Waals surface area contributed by atoms with Crippen molar-refractivity contribution in [3.63, 3.8) is 0 Å². The van der Waals surface area contributed by atoms with E-state index in [0.29, 0.717) is 12.1 Å². The number of aryl methyl sites for hydroxylation is 2. The fraction of sp³-hybridized carbons (Fsp3) is 0.500. The fourth-order valence-corrected chi connectivity index (χ4v) is 2.64. The Labute approximate surface area is 140 Å². The minimum Gasteiger partial charge on any atom is -0.480 e. The van der Waals surface area contributed by atoms with Gasteiger partial charge in [0.05, 0.1) is 11.4 Å². The molecule has 24 heavy (non-hydrogen) atoms. The third-order valence-corrected chi connectivity index (χ3v) is 3.90. The van der Waals surface area contributed by atoms with E-state index in [2.05, 4.69) is 20.6 Å². The third-order valence-electron chi connectivity index (χ3n) is 3.90. The summed E-state index contributed by atoms with van der Waals surface area (Å²) in [5, 5.41) is 22.9. The van der Waals surface area contributed by atoms with Crippen molar-refractivity contribution in [2.75, 3.05) is 0 Å². The monoisotopic (exact) mass is 333 g/mol. The number of nitrogens with zero attached hydrogens (tertiary/aromatic N) is 3. The van der Waals surface area contributed by atoms with Gasteiger partial charge in [-0.3, -0.25) is 14.6 Å². The predicted molar refractivity (Wildman–Crippen MR) is 88.6 cm³/mol. The van der Waals surface area contributed by atoms with Crippen molar-refractivity contribution in [3.8, 4) is 11.3 Å². The molecule has 0 bridgehead atoms. The summed E-state index contributed by atoms with van der Waals surface area (Å²) in [6, 6.07) is 0.687. The van der Waals surface area contributed by atoms with Gasteiger partial charge < -0.3 is 10.4 Å². The lowest BCUT2D eigenvalue weighted by molar-refractivity contribution is -0.139. The first-order chi connectivity index (χ1) is 11.2. The molecule has 2 heterocycles. The van der Waals surface area contributed by atoms with E-state index in [1.54, 1.807) is 10.7 Å². The summed E-state index contributed by atoms with van der Waals surface area (Å²) in [6.45, 7) is 7.61. The number of carboxylic acid groups (broad SMARTS) is 1. The van der Waals surface area contributed by atoms with E-state index < -0.39 is 17.9 Å². The second-order valence-electron chi connectivity index (χ2n) is 6.33. The van der Waals surface area contributed by atoms with Crippen LogP contribution in [0, 0.1) is 19.8 Å². The Hall–Kier alpha value is -2.64. The molecular weight excluding hydrogens is 310 g/mol. The molecule has 0 saturated heterocycles. The number of carbonyl (C=O) groups is 2. The predicted octanol–water partition coefficient (Wildman–Crippen LogP) is 1.66. The van der Waals surface area contributed by atoms with Gasteiger partial charge in [-0.15, -0.1) is 0 Å². The minimum atomic E-state index is -1.05. The maximum Gasteiger partial charge on any atom is 0.326 e. The van der Waals surface area contributed by atoms with Crippen molar-refractivity contribution < 1.29 is 14.7 Å². The second kappa shape index (κ2) is 6.86. The molecule has 0 fully saturated rings. The number of aromatic amines is 1. The maximum absolute atomic E-state index is 12.3. The Morgan fingerprint density at radius 3 is 2.54 bits per heavy atom. The van der Waals surface area contributed by atoms with Crippen molar-refractivity contribution in [2.24, 2.45) is 13.0 Å². The molecule has 2 rings (SSSR count). The molecule has 0 aliphatic rings. The first-order valence-electron chi connectivity index (χ1n) is 7.80. The summed E-state index contributed by atoms with van der Waals surface area (Å²) >= 11 is 0. The number of rotatable bonds is 6. The number of aromatic nitrogens is 4. The SMILES string of the molecule is Cc1nn(C)c(C)c1-c1cc(C(=O)N[C@@H](CC(C)C)C(=O)O)[nH]n1. The third kappa shape index (κ3) is 3.64. The number of hydrogen-bond acceptors (Lipinski definition) is 4. The molecule has 0 saturated carbocycles. The summed E-state index contributed by atoms with van der Waals surface area (Å²) in [4.78, 5) is 23.6. The van der Waals surface area contributed by atoms with Gasteiger partial charge in [0.1, 0.15) is 11.7 Å². The lowest BCUT2D eigenvalue weighted by atomic mass is 10.0. The lowest BCUT2D eigenvalue weighted by Crippen LogP contribution is -2.41. The van der Waals surface area contributed by atoms with Crippen molar-refractivity contribution in [1.82, 2.24) is 25.3 Å². The summed E-state index contributed by atoms with van der Waals surface area (Å²) < 4.78 is 1.75. The van der Waals surface area contributed by atoms with Crippen molar-refractivity contribution in [1.29, 1.82) is 0 Å². The fourth-order valence-electron chi connectivity index (χ4n) is 2.64. The van der Waals surface area contributed by atoms with E-state index in [4.69, 9.17) is 0 Å². The van der Waals surface area contributed by atoms with Gasteiger partial charge in [0, 0.05) is 18.3 Å². The molecule has 2 aromatic rings. The average molecular weight is 333 g/mol. The van der Waals surface area contributed by atoms with Crippen LogP contribution in [0.25, 0.3) is 11.3 Å². The Morgan fingerprint density at radius 2 is 2.04 bits per heavy atom. The molecule has 1 amide bonds. The smallest absolute Gasteiger partial charge is 0.326 e. The van der Waals surface area contributed by atoms with Crippen molar-refractivity contribution in [3.05, 3.63) is 23.1 Å². The largest absolute Gasteiger partial charge is 0.480 e. The summed E-state index contributed by atoms with van der Waals surface area (Å²) in [5.74, 6) is -1.37. The highest BCUT2D eigenvalue weighted by Crippen LogP contribution is 2.25. The van der Waals surface area contributed by atoms with Crippen LogP contribution in [-0.2, 0) is 11.8 Å². The molecule has 1 atom stereocenters. The molecule has 3 N–H and O–H groups in total. The first kappa shape index (κ1) is 17.7. The van der Waals surface area contributed by atoms with E-state index in [1.807, 2.05) is 34.7 Å². The van der Waals surface area contributed by atoms with E-state index in [-0.39, 0.29) is 11.6 Å². The van der Waals surface area contributed by atoms with E-state index in [9.17, 15) is 14.7 Å². The highest BCUT2D eigenvalue weighted by molar-refractivity contribution is 5.95. The van der Waals surface area contributed by atoms with Crippen LogP contribution in [0.15, 0.2) is 6.07 Å². The van der Waals surface area contributed by atoms with Gasteiger partial charge in [0.2, 0.25) is 0 Å². The van der Waals surface area contributed by atoms with E-state index in [1.165, 1.54) is 0 Å². The van der Waals surface area contributed by atoms with Crippen molar-refractivity contribution >= 4 is 11.9 Å². The molecule has 0 unspecified atom stereocenters. The number of carboxylic acids is 1. The van der Waals surface area contributed by atoms with Gasteiger partial charge in [0.25, 0.3) is 5.91 Å². The minimum absolute atomic E-state index is 0.157. The topological polar surface area (TPSA) is 113 Å². The summed E-state index contributed by atoms with van der Waals surface area (Å²) in [7, 11) is 1.84. The molecule has 0 aromatic carbocycles. The molecule has 8 heteroatoms. The summed E-state index contributed by atoms with van der Waals surface area (Å²) in [5.41, 5.74) is 3.46. The van der Waals surface area contributed by atoms with Crippen LogP contribution < -0.4 is 5.32 Å². The highest BCUT2D eigenvalue weighted by Gasteiger charge is 2.23. The standard InChI is InChI=1S/C16H23N5O3/c1-8(2)6-13(16(23)24)17-15(22)12-7-11(18-19-12)14-9(3)20-21(5)10(14)4/h7-8,13H,6H2,1-5H3,(H,17,22)(H,18,19)(H,23,24)/t13-/m0/s1. The number of aliphatic carboxylic acids is 1. The van der Waals surface area contributed by atoms with Crippen LogP contribution in [0.5, 0.6) is 0 Å². The Kier molecular flexibility index (Phi) is 5.06. The molecule has 0 spiro atoms. The second-order valence-corrected chi connectivity index (χ2v) is 6.33. The normalized spacial score (nSPS) is 12.4. The summed E-state index contributed by atoms with van der Waals surface area (Å²) in [6.07, 6.45) is 0.364. The quantitative estimate of drug-likeness (QED) is 0.744. The van der Waals surface area contributed by atoms with Crippen LogP contribution in [-0.4, -0.2) is 43.0 Å². The highest BCUT2D eigenvalue weighted by atomic mass is 16.4. The van der Waals surface area contributed by atoms with Crippen LogP contribution in [0.3, 0.4) is 0 Å². The van der Waals surface area contributed by atoms with Gasteiger partial charge >= 0.3 is 5.97 Å². The number of hydrogen-bond donors (Lipinski definition) is 3. The van der Waals surface area contributed by atoms with Gasteiger partial charge in [-0.05, 0) is 32.3 Å². The molecule has 8 nitrogen and oxygen atoms in total.